The molecule has 0 unspecified atom stereocenters. The first-order valence-electron chi connectivity index (χ1n) is 6.20. The zero-order valence-electron chi connectivity index (χ0n) is 11.5. The van der Waals surface area contributed by atoms with Gasteiger partial charge < -0.3 is 5.32 Å². The van der Waals surface area contributed by atoms with Crippen molar-refractivity contribution in [1.29, 1.82) is 0 Å². The molecular weight excluding hydrogens is 303 g/mol. The summed E-state index contributed by atoms with van der Waals surface area (Å²) in [4.78, 5) is 11.6. The summed E-state index contributed by atoms with van der Waals surface area (Å²) in [5.41, 5.74) is 4.29. The smallest absolute Gasteiger partial charge is 0.359 e. The van der Waals surface area contributed by atoms with Gasteiger partial charge in [-0.05, 0) is 37.7 Å². The molecule has 0 saturated carbocycles. The van der Waals surface area contributed by atoms with Gasteiger partial charge in [-0.1, -0.05) is 18.2 Å². The summed E-state index contributed by atoms with van der Waals surface area (Å²) in [6.45, 7) is 3.75. The van der Waals surface area contributed by atoms with Crippen LogP contribution in [0.3, 0.4) is 0 Å². The van der Waals surface area contributed by atoms with E-state index in [2.05, 4.69) is 16.2 Å². The standard InChI is InChI=1S/C13H16F3N3OS/c1-8(2)17-12(21)19-18-11(20)7-9-4-3-5-10(6-9)13(14,15)16/h3-6,8H,7H2,1-2H3,(H,18,20)(H2,17,19,21). The first-order chi connectivity index (χ1) is 9.68. The van der Waals surface area contributed by atoms with E-state index in [9.17, 15) is 18.0 Å². The summed E-state index contributed by atoms with van der Waals surface area (Å²) < 4.78 is 37.6. The fraction of sp³-hybridized carbons (Fsp3) is 0.385. The molecule has 8 heteroatoms. The molecule has 21 heavy (non-hydrogen) atoms. The molecule has 0 heterocycles. The van der Waals surface area contributed by atoms with Gasteiger partial charge in [-0.25, -0.2) is 0 Å². The maximum atomic E-state index is 12.5. The Bertz CT molecular complexity index is 518. The number of nitrogens with one attached hydrogen (secondary N) is 3. The number of alkyl halides is 3. The molecule has 0 radical (unpaired) electrons. The number of carbonyl (C=O) groups excluding carboxylic acids is 1. The van der Waals surface area contributed by atoms with Gasteiger partial charge in [-0.3, -0.25) is 15.6 Å². The van der Waals surface area contributed by atoms with Gasteiger partial charge in [0, 0.05) is 6.04 Å². The number of hydrazine groups is 1. The van der Waals surface area contributed by atoms with Gasteiger partial charge in [0.1, 0.15) is 0 Å². The first kappa shape index (κ1) is 17.2. The molecule has 1 aromatic carbocycles. The number of benzene rings is 1. The van der Waals surface area contributed by atoms with Gasteiger partial charge in [0.25, 0.3) is 0 Å². The third-order valence-electron chi connectivity index (χ3n) is 2.35. The average Bonchev–Trinajstić information content (AvgIpc) is 2.35. The predicted molar refractivity (Wildman–Crippen MR) is 77.3 cm³/mol. The fourth-order valence-corrected chi connectivity index (χ4v) is 1.80. The molecule has 3 N–H and O–H groups in total. The first-order valence-corrected chi connectivity index (χ1v) is 6.61. The number of thiocarbonyl (C=S) groups is 1. The molecule has 4 nitrogen and oxygen atoms in total. The van der Waals surface area contributed by atoms with Crippen LogP contribution in [0.1, 0.15) is 25.0 Å². The SMILES string of the molecule is CC(C)NC(=S)NNC(=O)Cc1cccc(C(F)(F)F)c1. The van der Waals surface area contributed by atoms with Gasteiger partial charge in [0.2, 0.25) is 5.91 Å². The zero-order valence-corrected chi connectivity index (χ0v) is 12.4. The van der Waals surface area contributed by atoms with Crippen LogP contribution in [0.5, 0.6) is 0 Å². The molecule has 0 aliphatic heterocycles. The molecule has 0 atom stereocenters. The lowest BCUT2D eigenvalue weighted by atomic mass is 10.1. The van der Waals surface area contributed by atoms with Gasteiger partial charge >= 0.3 is 6.18 Å². The van der Waals surface area contributed by atoms with E-state index < -0.39 is 17.6 Å². The maximum Gasteiger partial charge on any atom is 0.416 e. The third-order valence-corrected chi connectivity index (χ3v) is 2.57. The number of rotatable bonds is 3. The Labute approximate surface area is 126 Å². The number of halogens is 3. The lowest BCUT2D eigenvalue weighted by Gasteiger charge is -2.14. The number of hydrogen-bond acceptors (Lipinski definition) is 2. The summed E-state index contributed by atoms with van der Waals surface area (Å²) >= 11 is 4.90. The second-order valence-electron chi connectivity index (χ2n) is 4.68. The molecule has 0 aliphatic carbocycles. The molecule has 1 aromatic rings. The van der Waals surface area contributed by atoms with Crippen molar-refractivity contribution in [2.24, 2.45) is 0 Å². The second kappa shape index (κ2) is 7.26. The summed E-state index contributed by atoms with van der Waals surface area (Å²) in [5.74, 6) is -0.484. The van der Waals surface area contributed by atoms with Crippen LogP contribution >= 0.6 is 12.2 Å². The predicted octanol–water partition coefficient (Wildman–Crippen LogP) is 2.15. The van der Waals surface area contributed by atoms with Crippen molar-refractivity contribution in [2.45, 2.75) is 32.5 Å². The Morgan fingerprint density at radius 3 is 2.52 bits per heavy atom. The second-order valence-corrected chi connectivity index (χ2v) is 5.08. The Morgan fingerprint density at radius 2 is 1.95 bits per heavy atom. The molecule has 116 valence electrons. The van der Waals surface area contributed by atoms with Crippen LogP contribution in [0, 0.1) is 0 Å². The van der Waals surface area contributed by atoms with E-state index in [1.807, 2.05) is 13.8 Å². The van der Waals surface area contributed by atoms with Crippen molar-refractivity contribution >= 4 is 23.2 Å². The van der Waals surface area contributed by atoms with Crippen LogP contribution in [0.25, 0.3) is 0 Å². The fourth-order valence-electron chi connectivity index (χ4n) is 1.51. The molecule has 1 rings (SSSR count). The molecule has 0 spiro atoms. The van der Waals surface area contributed by atoms with Crippen LogP contribution in [0.15, 0.2) is 24.3 Å². The summed E-state index contributed by atoms with van der Waals surface area (Å²) in [6.07, 6.45) is -4.60. The van der Waals surface area contributed by atoms with E-state index in [1.54, 1.807) is 0 Å². The quantitative estimate of drug-likeness (QED) is 0.590. The van der Waals surface area contributed by atoms with Crippen LogP contribution in [0.2, 0.25) is 0 Å². The van der Waals surface area contributed by atoms with Crippen molar-refractivity contribution in [1.82, 2.24) is 16.2 Å². The van der Waals surface area contributed by atoms with Crippen LogP contribution in [-0.2, 0) is 17.4 Å². The van der Waals surface area contributed by atoms with Crippen molar-refractivity contribution in [3.05, 3.63) is 35.4 Å². The van der Waals surface area contributed by atoms with Crippen LogP contribution < -0.4 is 16.2 Å². The lowest BCUT2D eigenvalue weighted by molar-refractivity contribution is -0.137. The summed E-state index contributed by atoms with van der Waals surface area (Å²) in [7, 11) is 0. The highest BCUT2D eigenvalue weighted by Gasteiger charge is 2.30. The van der Waals surface area contributed by atoms with Crippen molar-refractivity contribution in [3.8, 4) is 0 Å². The summed E-state index contributed by atoms with van der Waals surface area (Å²) in [5, 5.41) is 3.09. The minimum absolute atomic E-state index is 0.102. The van der Waals surface area contributed by atoms with E-state index in [0.717, 1.165) is 12.1 Å². The van der Waals surface area contributed by atoms with Crippen LogP contribution in [0.4, 0.5) is 13.2 Å². The highest BCUT2D eigenvalue weighted by Crippen LogP contribution is 2.29. The molecule has 0 aliphatic rings. The van der Waals surface area contributed by atoms with Crippen molar-refractivity contribution < 1.29 is 18.0 Å². The van der Waals surface area contributed by atoms with Gasteiger partial charge in [0.15, 0.2) is 5.11 Å². The number of hydrogen-bond donors (Lipinski definition) is 3. The van der Waals surface area contributed by atoms with E-state index in [-0.39, 0.29) is 23.1 Å². The third kappa shape index (κ3) is 6.44. The largest absolute Gasteiger partial charge is 0.416 e. The Kier molecular flexibility index (Phi) is 5.95. The Balaban J connectivity index is 2.54. The molecule has 1 amide bonds. The van der Waals surface area contributed by atoms with Crippen molar-refractivity contribution in [2.75, 3.05) is 0 Å². The highest BCUT2D eigenvalue weighted by atomic mass is 32.1. The van der Waals surface area contributed by atoms with Crippen molar-refractivity contribution in [3.63, 3.8) is 0 Å². The Hall–Kier alpha value is -1.83. The minimum atomic E-state index is -4.42. The monoisotopic (exact) mass is 319 g/mol. The molecular formula is C13H16F3N3OS. The highest BCUT2D eigenvalue weighted by molar-refractivity contribution is 7.80. The number of carbonyl (C=O) groups is 1. The van der Waals surface area contributed by atoms with E-state index >= 15 is 0 Å². The minimum Gasteiger partial charge on any atom is -0.359 e. The topological polar surface area (TPSA) is 53.2 Å². The molecule has 0 bridgehead atoms. The molecule has 0 aromatic heterocycles. The lowest BCUT2D eigenvalue weighted by Crippen LogP contribution is -2.48. The van der Waals surface area contributed by atoms with E-state index in [0.29, 0.717) is 0 Å². The Morgan fingerprint density at radius 1 is 1.29 bits per heavy atom. The summed E-state index contributed by atoms with van der Waals surface area (Å²) in [6, 6.07) is 4.74. The zero-order chi connectivity index (χ0) is 16.0. The normalized spacial score (nSPS) is 11.1. The van der Waals surface area contributed by atoms with Gasteiger partial charge in [0.05, 0.1) is 12.0 Å². The number of amides is 1. The average molecular weight is 319 g/mol. The van der Waals surface area contributed by atoms with Gasteiger partial charge in [-0.15, -0.1) is 0 Å². The maximum absolute atomic E-state index is 12.5. The van der Waals surface area contributed by atoms with Crippen LogP contribution in [-0.4, -0.2) is 17.1 Å². The van der Waals surface area contributed by atoms with E-state index in [4.69, 9.17) is 12.2 Å². The molecule has 0 fully saturated rings. The van der Waals surface area contributed by atoms with Gasteiger partial charge in [-0.2, -0.15) is 13.2 Å². The van der Waals surface area contributed by atoms with E-state index in [1.165, 1.54) is 12.1 Å². The molecule has 0 saturated heterocycles.